The second-order valence-corrected chi connectivity index (χ2v) is 9.28. The SMILES string of the molecule is CC(C)N1C(=O)c2ccccc2C(C(=O)N(C)C)C12CCN(C(=O)c1ccccc1)CC2. The highest BCUT2D eigenvalue weighted by Gasteiger charge is 2.56. The Morgan fingerprint density at radius 3 is 2.16 bits per heavy atom. The van der Waals surface area contributed by atoms with E-state index in [1.165, 1.54) is 0 Å². The van der Waals surface area contributed by atoms with Gasteiger partial charge in [-0.3, -0.25) is 14.4 Å². The minimum atomic E-state index is -0.658. The standard InChI is InChI=1S/C26H31N3O3/c1-18(2)29-24(31)21-13-9-8-12-20(21)22(25(32)27(3)4)26(29)14-16-28(17-15-26)23(30)19-10-6-5-7-11-19/h5-13,18,22H,14-17H2,1-4H3. The predicted molar refractivity (Wildman–Crippen MR) is 123 cm³/mol. The number of piperidine rings is 1. The van der Waals surface area contributed by atoms with Crippen molar-refractivity contribution in [3.05, 3.63) is 71.3 Å². The Balaban J connectivity index is 1.75. The third-order valence-electron chi connectivity index (χ3n) is 6.88. The summed E-state index contributed by atoms with van der Waals surface area (Å²) in [5.74, 6) is -0.489. The van der Waals surface area contributed by atoms with Gasteiger partial charge in [-0.25, -0.2) is 0 Å². The monoisotopic (exact) mass is 433 g/mol. The summed E-state index contributed by atoms with van der Waals surface area (Å²) in [7, 11) is 3.53. The summed E-state index contributed by atoms with van der Waals surface area (Å²) in [6, 6.07) is 16.7. The minimum absolute atomic E-state index is 0.00145. The summed E-state index contributed by atoms with van der Waals surface area (Å²) in [6.07, 6.45) is 1.13. The van der Waals surface area contributed by atoms with Crippen LogP contribution in [-0.2, 0) is 4.79 Å². The number of nitrogens with zero attached hydrogens (tertiary/aromatic N) is 3. The molecule has 1 atom stereocenters. The molecule has 2 aromatic rings. The van der Waals surface area contributed by atoms with Crippen LogP contribution in [0.2, 0.25) is 0 Å². The summed E-state index contributed by atoms with van der Waals surface area (Å²) in [6.45, 7) is 5.02. The molecule has 3 amide bonds. The molecule has 2 heterocycles. The number of carbonyl (C=O) groups excluding carboxylic acids is 3. The highest BCUT2D eigenvalue weighted by atomic mass is 16.2. The number of benzene rings is 2. The van der Waals surface area contributed by atoms with Crippen molar-refractivity contribution in [1.29, 1.82) is 0 Å². The van der Waals surface area contributed by atoms with Crippen molar-refractivity contribution in [2.45, 2.75) is 44.2 Å². The smallest absolute Gasteiger partial charge is 0.254 e. The molecule has 0 saturated carbocycles. The van der Waals surface area contributed by atoms with Crippen LogP contribution in [0.5, 0.6) is 0 Å². The van der Waals surface area contributed by atoms with Crippen molar-refractivity contribution >= 4 is 17.7 Å². The Bertz CT molecular complexity index is 1020. The first-order chi connectivity index (χ1) is 15.3. The fraction of sp³-hybridized carbons (Fsp3) is 0.423. The lowest BCUT2D eigenvalue weighted by atomic mass is 9.66. The Hall–Kier alpha value is -3.15. The maximum Gasteiger partial charge on any atom is 0.254 e. The van der Waals surface area contributed by atoms with Gasteiger partial charge in [-0.05, 0) is 50.5 Å². The second-order valence-electron chi connectivity index (χ2n) is 9.28. The molecular weight excluding hydrogens is 402 g/mol. The van der Waals surface area contributed by atoms with E-state index in [0.29, 0.717) is 37.1 Å². The fourth-order valence-corrected chi connectivity index (χ4v) is 5.46. The van der Waals surface area contributed by atoms with E-state index in [4.69, 9.17) is 0 Å². The average Bonchev–Trinajstić information content (AvgIpc) is 2.79. The van der Waals surface area contributed by atoms with E-state index in [9.17, 15) is 14.4 Å². The molecular formula is C26H31N3O3. The summed E-state index contributed by atoms with van der Waals surface area (Å²) in [4.78, 5) is 45.6. The molecule has 1 unspecified atom stereocenters. The first-order valence-electron chi connectivity index (χ1n) is 11.3. The van der Waals surface area contributed by atoms with Crippen LogP contribution >= 0.6 is 0 Å². The van der Waals surface area contributed by atoms with Crippen molar-refractivity contribution in [2.75, 3.05) is 27.2 Å². The van der Waals surface area contributed by atoms with Gasteiger partial charge in [0.2, 0.25) is 5.91 Å². The summed E-state index contributed by atoms with van der Waals surface area (Å²) < 4.78 is 0. The maximum atomic E-state index is 13.6. The molecule has 1 spiro atoms. The van der Waals surface area contributed by atoms with Crippen LogP contribution in [0.1, 0.15) is 58.9 Å². The van der Waals surface area contributed by atoms with Crippen molar-refractivity contribution in [3.8, 4) is 0 Å². The van der Waals surface area contributed by atoms with Crippen LogP contribution in [0.3, 0.4) is 0 Å². The maximum absolute atomic E-state index is 13.6. The first kappa shape index (κ1) is 22.1. The molecule has 0 radical (unpaired) electrons. The first-order valence-corrected chi connectivity index (χ1v) is 11.3. The summed E-state index contributed by atoms with van der Waals surface area (Å²) >= 11 is 0. The zero-order valence-electron chi connectivity index (χ0n) is 19.2. The van der Waals surface area contributed by atoms with Crippen molar-refractivity contribution in [3.63, 3.8) is 0 Å². The third kappa shape index (κ3) is 3.48. The minimum Gasteiger partial charge on any atom is -0.348 e. The normalized spacial score (nSPS) is 19.8. The van der Waals surface area contributed by atoms with Gasteiger partial charge in [0.1, 0.15) is 0 Å². The van der Waals surface area contributed by atoms with Crippen LogP contribution < -0.4 is 0 Å². The molecule has 32 heavy (non-hydrogen) atoms. The van der Waals surface area contributed by atoms with E-state index in [2.05, 4.69) is 0 Å². The molecule has 6 heteroatoms. The highest BCUT2D eigenvalue weighted by Crippen LogP contribution is 2.48. The topological polar surface area (TPSA) is 60.9 Å². The van der Waals surface area contributed by atoms with Crippen LogP contribution in [0.4, 0.5) is 0 Å². The molecule has 0 aliphatic carbocycles. The number of hydrogen-bond acceptors (Lipinski definition) is 3. The molecule has 0 aromatic heterocycles. The van der Waals surface area contributed by atoms with Gasteiger partial charge in [-0.1, -0.05) is 36.4 Å². The summed E-state index contributed by atoms with van der Waals surface area (Å²) in [5.41, 5.74) is 1.41. The molecule has 168 valence electrons. The van der Waals surface area contributed by atoms with Crippen molar-refractivity contribution in [1.82, 2.24) is 14.7 Å². The van der Waals surface area contributed by atoms with E-state index in [1.807, 2.05) is 78.2 Å². The number of rotatable bonds is 3. The van der Waals surface area contributed by atoms with E-state index in [-0.39, 0.29) is 23.8 Å². The molecule has 0 N–H and O–H groups in total. The van der Waals surface area contributed by atoms with Crippen molar-refractivity contribution in [2.24, 2.45) is 0 Å². The number of likely N-dealkylation sites (N-methyl/N-ethyl adjacent to an activating group) is 1. The van der Waals surface area contributed by atoms with E-state index in [0.717, 1.165) is 5.56 Å². The molecule has 1 fully saturated rings. The van der Waals surface area contributed by atoms with E-state index >= 15 is 0 Å². The fourth-order valence-electron chi connectivity index (χ4n) is 5.46. The third-order valence-corrected chi connectivity index (χ3v) is 6.88. The van der Waals surface area contributed by atoms with Gasteiger partial charge < -0.3 is 14.7 Å². The zero-order chi connectivity index (χ0) is 23.0. The quantitative estimate of drug-likeness (QED) is 0.745. The Morgan fingerprint density at radius 2 is 1.56 bits per heavy atom. The number of amides is 3. The van der Waals surface area contributed by atoms with Gasteiger partial charge in [-0.15, -0.1) is 0 Å². The molecule has 4 rings (SSSR count). The average molecular weight is 434 g/mol. The molecule has 0 bridgehead atoms. The largest absolute Gasteiger partial charge is 0.348 e. The van der Waals surface area contributed by atoms with Gasteiger partial charge in [0.15, 0.2) is 0 Å². The lowest BCUT2D eigenvalue weighted by molar-refractivity contribution is -0.136. The predicted octanol–water partition coefficient (Wildman–Crippen LogP) is 3.40. The zero-order valence-corrected chi connectivity index (χ0v) is 19.2. The van der Waals surface area contributed by atoms with Crippen LogP contribution in [0.15, 0.2) is 54.6 Å². The Kier molecular flexibility index (Phi) is 5.80. The van der Waals surface area contributed by atoms with Gasteiger partial charge in [-0.2, -0.15) is 0 Å². The Labute approximate surface area is 189 Å². The number of carbonyl (C=O) groups is 3. The number of likely N-dealkylation sites (tertiary alicyclic amines) is 1. The van der Waals surface area contributed by atoms with Crippen LogP contribution in [0, 0.1) is 0 Å². The molecule has 2 aliphatic heterocycles. The van der Waals surface area contributed by atoms with E-state index in [1.54, 1.807) is 19.0 Å². The van der Waals surface area contributed by atoms with Crippen LogP contribution in [0.25, 0.3) is 0 Å². The molecule has 2 aromatic carbocycles. The number of fused-ring (bicyclic) bond motifs is 1. The molecule has 1 saturated heterocycles. The highest BCUT2D eigenvalue weighted by molar-refractivity contribution is 6.02. The number of hydrogen-bond donors (Lipinski definition) is 0. The van der Waals surface area contributed by atoms with Gasteiger partial charge >= 0.3 is 0 Å². The van der Waals surface area contributed by atoms with E-state index < -0.39 is 11.5 Å². The lowest BCUT2D eigenvalue weighted by Crippen LogP contribution is -2.67. The lowest BCUT2D eigenvalue weighted by Gasteiger charge is -2.56. The van der Waals surface area contributed by atoms with Gasteiger partial charge in [0.05, 0.1) is 11.5 Å². The van der Waals surface area contributed by atoms with Crippen molar-refractivity contribution < 1.29 is 14.4 Å². The van der Waals surface area contributed by atoms with Gasteiger partial charge in [0.25, 0.3) is 11.8 Å². The summed E-state index contributed by atoms with van der Waals surface area (Å²) in [5, 5.41) is 0. The van der Waals surface area contributed by atoms with Gasteiger partial charge in [0, 0.05) is 44.4 Å². The molecule has 6 nitrogen and oxygen atoms in total. The van der Waals surface area contributed by atoms with Crippen LogP contribution in [-0.4, -0.2) is 71.2 Å². The Morgan fingerprint density at radius 1 is 0.969 bits per heavy atom. The second kappa shape index (κ2) is 8.41. The molecule has 2 aliphatic rings.